The van der Waals surface area contributed by atoms with Gasteiger partial charge in [0.05, 0.1) is 11.1 Å². The van der Waals surface area contributed by atoms with Crippen LogP contribution in [0.15, 0.2) is 40.4 Å². The van der Waals surface area contributed by atoms with Crippen molar-refractivity contribution in [2.75, 3.05) is 0 Å². The lowest BCUT2D eigenvalue weighted by atomic mass is 10.1. The molecule has 1 aromatic carbocycles. The number of benzene rings is 1. The van der Waals surface area contributed by atoms with Crippen LogP contribution in [0, 0.1) is 0 Å². The molecule has 1 heterocycles. The van der Waals surface area contributed by atoms with Crippen molar-refractivity contribution in [2.45, 2.75) is 42.6 Å². The van der Waals surface area contributed by atoms with Crippen molar-refractivity contribution >= 4 is 23.4 Å². The molecule has 20 heavy (non-hydrogen) atoms. The molecule has 108 valence electrons. The molecule has 0 aliphatic rings. The number of hydrogen-bond donors (Lipinski definition) is 1. The van der Waals surface area contributed by atoms with Crippen molar-refractivity contribution < 1.29 is 0 Å². The molecular weight excluding hydrogens is 290 g/mol. The second-order valence-electron chi connectivity index (χ2n) is 5.77. The van der Waals surface area contributed by atoms with E-state index in [1.165, 1.54) is 4.90 Å². The molecule has 0 radical (unpaired) electrons. The van der Waals surface area contributed by atoms with Crippen LogP contribution in [0.2, 0.25) is 5.02 Å². The molecule has 0 saturated carbocycles. The van der Waals surface area contributed by atoms with E-state index in [2.05, 4.69) is 37.3 Å². The first kappa shape index (κ1) is 15.4. The third-order valence-corrected chi connectivity index (χ3v) is 4.18. The molecule has 0 aliphatic heterocycles. The fourth-order valence-corrected chi connectivity index (χ4v) is 3.05. The molecule has 0 saturated heterocycles. The van der Waals surface area contributed by atoms with Gasteiger partial charge < -0.3 is 5.32 Å². The van der Waals surface area contributed by atoms with Crippen LogP contribution in [0.25, 0.3) is 0 Å². The second kappa shape index (κ2) is 6.20. The molecule has 1 N–H and O–H groups in total. The van der Waals surface area contributed by atoms with E-state index in [4.69, 9.17) is 11.6 Å². The average Bonchev–Trinajstić information content (AvgIpc) is 2.73. The number of nitrogens with zero attached hydrogens (tertiary/aromatic N) is 2. The third kappa shape index (κ3) is 4.27. The van der Waals surface area contributed by atoms with Gasteiger partial charge in [0.1, 0.15) is 0 Å². The molecule has 3 nitrogen and oxygen atoms in total. The molecule has 2 rings (SSSR count). The highest BCUT2D eigenvalue weighted by atomic mass is 35.5. The second-order valence-corrected chi connectivity index (χ2v) is 7.29. The lowest BCUT2D eigenvalue weighted by molar-refractivity contribution is 0.422. The normalized spacial score (nSPS) is 11.8. The van der Waals surface area contributed by atoms with Crippen molar-refractivity contribution in [3.05, 3.63) is 41.2 Å². The first-order valence-corrected chi connectivity index (χ1v) is 7.73. The molecule has 0 amide bonds. The van der Waals surface area contributed by atoms with Gasteiger partial charge in [-0.2, -0.15) is 5.10 Å². The van der Waals surface area contributed by atoms with Crippen molar-refractivity contribution in [3.8, 4) is 0 Å². The van der Waals surface area contributed by atoms with Gasteiger partial charge in [-0.1, -0.05) is 29.4 Å². The number of nitrogens with one attached hydrogen (secondary N) is 1. The smallest absolute Gasteiger partial charge is 0.0629 e. The van der Waals surface area contributed by atoms with Crippen LogP contribution in [0.4, 0.5) is 0 Å². The van der Waals surface area contributed by atoms with Crippen LogP contribution in [-0.2, 0) is 13.6 Å². The van der Waals surface area contributed by atoms with E-state index >= 15 is 0 Å². The van der Waals surface area contributed by atoms with Gasteiger partial charge in [0.2, 0.25) is 0 Å². The zero-order valence-corrected chi connectivity index (χ0v) is 13.8. The minimum Gasteiger partial charge on any atom is -0.308 e. The van der Waals surface area contributed by atoms with Crippen LogP contribution in [0.1, 0.15) is 26.3 Å². The van der Waals surface area contributed by atoms with Gasteiger partial charge >= 0.3 is 0 Å². The zero-order valence-electron chi connectivity index (χ0n) is 12.3. The summed E-state index contributed by atoms with van der Waals surface area (Å²) in [6.07, 6.45) is 3.87. The third-order valence-electron chi connectivity index (χ3n) is 2.78. The number of aromatic nitrogens is 2. The molecule has 0 aliphatic carbocycles. The predicted octanol–water partition coefficient (Wildman–Crippen LogP) is 4.11. The summed E-state index contributed by atoms with van der Waals surface area (Å²) < 4.78 is 1.81. The van der Waals surface area contributed by atoms with Crippen molar-refractivity contribution in [1.29, 1.82) is 0 Å². The van der Waals surface area contributed by atoms with Crippen molar-refractivity contribution in [3.63, 3.8) is 0 Å². The highest BCUT2D eigenvalue weighted by Crippen LogP contribution is 2.33. The Balaban J connectivity index is 2.21. The highest BCUT2D eigenvalue weighted by molar-refractivity contribution is 7.99. The Labute approximate surface area is 129 Å². The van der Waals surface area contributed by atoms with E-state index in [0.717, 1.165) is 22.0 Å². The monoisotopic (exact) mass is 309 g/mol. The summed E-state index contributed by atoms with van der Waals surface area (Å²) in [5.74, 6) is 0. The Morgan fingerprint density at radius 1 is 1.35 bits per heavy atom. The Kier molecular flexibility index (Phi) is 4.78. The quantitative estimate of drug-likeness (QED) is 0.921. The summed E-state index contributed by atoms with van der Waals surface area (Å²) >= 11 is 8.05. The van der Waals surface area contributed by atoms with Crippen molar-refractivity contribution in [2.24, 2.45) is 7.05 Å². The fourth-order valence-electron chi connectivity index (χ4n) is 1.74. The lowest BCUT2D eigenvalue weighted by Gasteiger charge is -2.22. The average molecular weight is 310 g/mol. The maximum Gasteiger partial charge on any atom is 0.0629 e. The van der Waals surface area contributed by atoms with E-state index in [1.54, 1.807) is 16.4 Å². The largest absolute Gasteiger partial charge is 0.308 e. The first-order chi connectivity index (χ1) is 9.35. The highest BCUT2D eigenvalue weighted by Gasteiger charge is 2.13. The molecule has 0 spiro atoms. The van der Waals surface area contributed by atoms with Crippen LogP contribution in [-0.4, -0.2) is 15.3 Å². The maximum absolute atomic E-state index is 6.36. The van der Waals surface area contributed by atoms with Gasteiger partial charge in [0.15, 0.2) is 0 Å². The molecule has 0 atom stereocenters. The van der Waals surface area contributed by atoms with Gasteiger partial charge in [-0.25, -0.2) is 0 Å². The van der Waals surface area contributed by atoms with Crippen LogP contribution in [0.5, 0.6) is 0 Å². The van der Waals surface area contributed by atoms with Gasteiger partial charge in [0, 0.05) is 35.2 Å². The summed E-state index contributed by atoms with van der Waals surface area (Å²) in [4.78, 5) is 2.29. The lowest BCUT2D eigenvalue weighted by Crippen LogP contribution is -2.35. The van der Waals surface area contributed by atoms with Gasteiger partial charge in [-0.3, -0.25) is 4.68 Å². The van der Waals surface area contributed by atoms with Gasteiger partial charge in [-0.15, -0.1) is 0 Å². The molecule has 0 unspecified atom stereocenters. The number of halogens is 1. The molecule has 2 aromatic rings. The molecule has 0 fully saturated rings. The summed E-state index contributed by atoms with van der Waals surface area (Å²) in [5.41, 5.74) is 1.20. The van der Waals surface area contributed by atoms with E-state index in [-0.39, 0.29) is 5.54 Å². The molecule has 0 bridgehead atoms. The summed E-state index contributed by atoms with van der Waals surface area (Å²) in [6, 6.07) is 6.03. The van der Waals surface area contributed by atoms with E-state index in [9.17, 15) is 0 Å². The van der Waals surface area contributed by atoms with Crippen LogP contribution in [0.3, 0.4) is 0 Å². The number of aryl methyl sites for hydroxylation is 1. The zero-order chi connectivity index (χ0) is 14.8. The topological polar surface area (TPSA) is 29.9 Å². The Bertz CT molecular complexity index is 587. The SMILES string of the molecule is Cn1cc(Sc2cccc(Cl)c2CNC(C)(C)C)cn1. The predicted molar refractivity (Wildman–Crippen MR) is 85.4 cm³/mol. The summed E-state index contributed by atoms with van der Waals surface area (Å²) in [7, 11) is 1.92. The first-order valence-electron chi connectivity index (χ1n) is 6.54. The summed E-state index contributed by atoms with van der Waals surface area (Å²) in [6.45, 7) is 7.21. The Morgan fingerprint density at radius 2 is 2.10 bits per heavy atom. The fraction of sp³-hybridized carbons (Fsp3) is 0.400. The maximum atomic E-state index is 6.36. The van der Waals surface area contributed by atoms with Crippen LogP contribution >= 0.6 is 23.4 Å². The van der Waals surface area contributed by atoms with E-state index in [1.807, 2.05) is 31.6 Å². The number of hydrogen-bond acceptors (Lipinski definition) is 3. The van der Waals surface area contributed by atoms with E-state index in [0.29, 0.717) is 0 Å². The standard InChI is InChI=1S/C15H20ClN3S/c1-15(2,3)17-9-12-13(16)6-5-7-14(12)20-11-8-18-19(4)10-11/h5-8,10,17H,9H2,1-4H3. The van der Waals surface area contributed by atoms with Crippen molar-refractivity contribution in [1.82, 2.24) is 15.1 Å². The minimum absolute atomic E-state index is 0.0649. The molecular formula is C15H20ClN3S. The summed E-state index contributed by atoms with van der Waals surface area (Å²) in [5, 5.41) is 8.49. The van der Waals surface area contributed by atoms with Gasteiger partial charge in [-0.05, 0) is 38.5 Å². The Hall–Kier alpha value is -0.970. The van der Waals surface area contributed by atoms with Gasteiger partial charge in [0.25, 0.3) is 0 Å². The molecule has 5 heteroatoms. The minimum atomic E-state index is 0.0649. The number of rotatable bonds is 4. The molecule has 1 aromatic heterocycles. The van der Waals surface area contributed by atoms with Crippen LogP contribution < -0.4 is 5.32 Å². The Morgan fingerprint density at radius 3 is 2.70 bits per heavy atom. The van der Waals surface area contributed by atoms with E-state index < -0.39 is 0 Å².